The van der Waals surface area contributed by atoms with E-state index in [0.717, 1.165) is 17.8 Å². The van der Waals surface area contributed by atoms with Gasteiger partial charge in [-0.15, -0.1) is 0 Å². The molecule has 4 N–H and O–H groups in total. The van der Waals surface area contributed by atoms with Crippen LogP contribution in [0.1, 0.15) is 22.8 Å². The van der Waals surface area contributed by atoms with E-state index >= 15 is 0 Å². The minimum absolute atomic E-state index is 0.136. The maximum absolute atomic E-state index is 12.1. The molecular formula is C14H21N3O3. The number of primary amides is 1. The molecular weight excluding hydrogens is 258 g/mol. The third kappa shape index (κ3) is 5.27. The van der Waals surface area contributed by atoms with E-state index in [0.29, 0.717) is 12.1 Å². The van der Waals surface area contributed by atoms with Gasteiger partial charge in [0.05, 0.1) is 12.2 Å². The standard InChI is InChI=1S/C14H21N3O3/c1-3-16-12-8-10(2)4-5-11(12)14(19)17-6-7-20-9-13(15)18/h4-5,8,16H,3,6-7,9H2,1-2H3,(H2,15,18)(H,17,19). The van der Waals surface area contributed by atoms with E-state index in [-0.39, 0.29) is 19.1 Å². The molecule has 6 heteroatoms. The maximum atomic E-state index is 12.1. The SMILES string of the molecule is CCNc1cc(C)ccc1C(=O)NCCOCC(N)=O. The first kappa shape index (κ1) is 16.0. The summed E-state index contributed by atoms with van der Waals surface area (Å²) in [4.78, 5) is 22.5. The van der Waals surface area contributed by atoms with Gasteiger partial charge in [0.25, 0.3) is 5.91 Å². The number of amides is 2. The van der Waals surface area contributed by atoms with Crippen LogP contribution in [0.25, 0.3) is 0 Å². The first-order chi connectivity index (χ1) is 9.54. The lowest BCUT2D eigenvalue weighted by atomic mass is 10.1. The van der Waals surface area contributed by atoms with Crippen molar-refractivity contribution in [1.29, 1.82) is 0 Å². The number of aryl methyl sites for hydroxylation is 1. The van der Waals surface area contributed by atoms with E-state index in [1.165, 1.54) is 0 Å². The monoisotopic (exact) mass is 279 g/mol. The van der Waals surface area contributed by atoms with Crippen LogP contribution in [0.4, 0.5) is 5.69 Å². The van der Waals surface area contributed by atoms with Crippen molar-refractivity contribution < 1.29 is 14.3 Å². The molecule has 0 saturated heterocycles. The van der Waals surface area contributed by atoms with Crippen LogP contribution >= 0.6 is 0 Å². The third-order valence-electron chi connectivity index (χ3n) is 2.56. The molecule has 0 unspecified atom stereocenters. The van der Waals surface area contributed by atoms with Gasteiger partial charge in [0, 0.05) is 18.8 Å². The molecule has 0 saturated carbocycles. The fourth-order valence-electron chi connectivity index (χ4n) is 1.70. The van der Waals surface area contributed by atoms with Crippen molar-refractivity contribution in [3.63, 3.8) is 0 Å². The molecule has 0 atom stereocenters. The summed E-state index contributed by atoms with van der Waals surface area (Å²) < 4.78 is 4.97. The molecule has 0 aliphatic heterocycles. The lowest BCUT2D eigenvalue weighted by molar-refractivity contribution is -0.122. The van der Waals surface area contributed by atoms with Crippen molar-refractivity contribution in [3.05, 3.63) is 29.3 Å². The molecule has 0 heterocycles. The summed E-state index contributed by atoms with van der Waals surface area (Å²) >= 11 is 0. The second-order valence-corrected chi connectivity index (χ2v) is 4.35. The molecule has 1 aromatic rings. The quantitative estimate of drug-likeness (QED) is 0.609. The van der Waals surface area contributed by atoms with E-state index < -0.39 is 5.91 Å². The molecule has 0 fully saturated rings. The van der Waals surface area contributed by atoms with Crippen molar-refractivity contribution in [2.24, 2.45) is 5.73 Å². The van der Waals surface area contributed by atoms with E-state index in [1.54, 1.807) is 6.07 Å². The lowest BCUT2D eigenvalue weighted by Gasteiger charge is -2.12. The first-order valence-corrected chi connectivity index (χ1v) is 6.53. The smallest absolute Gasteiger partial charge is 0.253 e. The number of nitrogens with two attached hydrogens (primary N) is 1. The second-order valence-electron chi connectivity index (χ2n) is 4.35. The molecule has 0 aliphatic carbocycles. The highest BCUT2D eigenvalue weighted by Gasteiger charge is 2.10. The number of carbonyl (C=O) groups is 2. The van der Waals surface area contributed by atoms with Gasteiger partial charge in [-0.1, -0.05) is 6.07 Å². The minimum Gasteiger partial charge on any atom is -0.385 e. The molecule has 2 amide bonds. The molecule has 0 bridgehead atoms. The summed E-state index contributed by atoms with van der Waals surface area (Å²) in [5.74, 6) is -0.701. The fourth-order valence-corrected chi connectivity index (χ4v) is 1.70. The van der Waals surface area contributed by atoms with Crippen molar-refractivity contribution in [2.75, 3.05) is 31.6 Å². The van der Waals surface area contributed by atoms with Crippen LogP contribution in [0.15, 0.2) is 18.2 Å². The molecule has 1 rings (SSSR count). The first-order valence-electron chi connectivity index (χ1n) is 6.53. The Kier molecular flexibility index (Phi) is 6.52. The van der Waals surface area contributed by atoms with Gasteiger partial charge in [-0.3, -0.25) is 9.59 Å². The van der Waals surface area contributed by atoms with E-state index in [9.17, 15) is 9.59 Å². The van der Waals surface area contributed by atoms with E-state index in [2.05, 4.69) is 10.6 Å². The Labute approximate surface area is 118 Å². The number of rotatable bonds is 8. The summed E-state index contributed by atoms with van der Waals surface area (Å²) in [7, 11) is 0. The second kappa shape index (κ2) is 8.16. The van der Waals surface area contributed by atoms with Crippen LogP contribution in [-0.2, 0) is 9.53 Å². The summed E-state index contributed by atoms with van der Waals surface area (Å²) in [6.07, 6.45) is 0. The number of carbonyl (C=O) groups excluding carboxylic acids is 2. The molecule has 0 aliphatic rings. The number of hydrogen-bond acceptors (Lipinski definition) is 4. The Hall–Kier alpha value is -2.08. The highest BCUT2D eigenvalue weighted by molar-refractivity contribution is 5.99. The van der Waals surface area contributed by atoms with Crippen molar-refractivity contribution in [3.8, 4) is 0 Å². The maximum Gasteiger partial charge on any atom is 0.253 e. The number of nitrogens with one attached hydrogen (secondary N) is 2. The van der Waals surface area contributed by atoms with Crippen molar-refractivity contribution >= 4 is 17.5 Å². The van der Waals surface area contributed by atoms with Crippen molar-refractivity contribution in [2.45, 2.75) is 13.8 Å². The zero-order chi connectivity index (χ0) is 15.0. The van der Waals surface area contributed by atoms with Gasteiger partial charge in [-0.05, 0) is 31.5 Å². The Morgan fingerprint density at radius 1 is 1.35 bits per heavy atom. The van der Waals surface area contributed by atoms with Gasteiger partial charge < -0.3 is 21.1 Å². The summed E-state index contributed by atoms with van der Waals surface area (Å²) in [5.41, 5.74) is 7.42. The average molecular weight is 279 g/mol. The average Bonchev–Trinajstić information content (AvgIpc) is 2.38. The molecule has 0 spiro atoms. The molecule has 0 radical (unpaired) electrons. The van der Waals surface area contributed by atoms with Crippen LogP contribution in [0, 0.1) is 6.92 Å². The number of anilines is 1. The highest BCUT2D eigenvalue weighted by atomic mass is 16.5. The topological polar surface area (TPSA) is 93.4 Å². The predicted octanol–water partition coefficient (Wildman–Crippen LogP) is 0.659. The van der Waals surface area contributed by atoms with Gasteiger partial charge in [0.2, 0.25) is 5.91 Å². The van der Waals surface area contributed by atoms with Gasteiger partial charge in [-0.25, -0.2) is 0 Å². The number of hydrogen-bond donors (Lipinski definition) is 3. The Bertz CT molecular complexity index is 475. The molecule has 6 nitrogen and oxygen atoms in total. The van der Waals surface area contributed by atoms with Gasteiger partial charge in [-0.2, -0.15) is 0 Å². The van der Waals surface area contributed by atoms with Crippen LogP contribution < -0.4 is 16.4 Å². The van der Waals surface area contributed by atoms with Gasteiger partial charge in [0.15, 0.2) is 0 Å². The van der Waals surface area contributed by atoms with Crippen LogP contribution in [-0.4, -0.2) is 38.1 Å². The van der Waals surface area contributed by atoms with Gasteiger partial charge in [0.1, 0.15) is 6.61 Å². The highest BCUT2D eigenvalue weighted by Crippen LogP contribution is 2.17. The third-order valence-corrected chi connectivity index (χ3v) is 2.56. The van der Waals surface area contributed by atoms with Crippen LogP contribution in [0.3, 0.4) is 0 Å². The number of benzene rings is 1. The zero-order valence-electron chi connectivity index (χ0n) is 11.9. The molecule has 0 aromatic heterocycles. The Morgan fingerprint density at radius 2 is 2.10 bits per heavy atom. The largest absolute Gasteiger partial charge is 0.385 e. The van der Waals surface area contributed by atoms with Crippen LogP contribution in [0.2, 0.25) is 0 Å². The number of ether oxygens (including phenoxy) is 1. The minimum atomic E-state index is -0.524. The normalized spacial score (nSPS) is 10.1. The van der Waals surface area contributed by atoms with E-state index in [4.69, 9.17) is 10.5 Å². The Morgan fingerprint density at radius 3 is 2.75 bits per heavy atom. The van der Waals surface area contributed by atoms with Gasteiger partial charge >= 0.3 is 0 Å². The fraction of sp³-hybridized carbons (Fsp3) is 0.429. The predicted molar refractivity (Wildman–Crippen MR) is 77.7 cm³/mol. The molecule has 1 aromatic carbocycles. The Balaban J connectivity index is 2.52. The molecule has 110 valence electrons. The van der Waals surface area contributed by atoms with Crippen molar-refractivity contribution in [1.82, 2.24) is 5.32 Å². The summed E-state index contributed by atoms with van der Waals surface area (Å²) in [5, 5.41) is 5.90. The van der Waals surface area contributed by atoms with E-state index in [1.807, 2.05) is 26.0 Å². The van der Waals surface area contributed by atoms with Crippen LogP contribution in [0.5, 0.6) is 0 Å². The summed E-state index contributed by atoms with van der Waals surface area (Å²) in [6, 6.07) is 5.61. The lowest BCUT2D eigenvalue weighted by Crippen LogP contribution is -2.29. The molecule has 20 heavy (non-hydrogen) atoms. The summed E-state index contributed by atoms with van der Waals surface area (Å²) in [6.45, 7) is 5.12. The zero-order valence-corrected chi connectivity index (χ0v) is 11.9.